The number of carbonyl (C=O) groups is 1. The molecule has 0 fully saturated rings. The molecule has 0 saturated carbocycles. The fraction of sp³-hybridized carbons (Fsp3) is 0.400. The lowest BCUT2D eigenvalue weighted by atomic mass is 10.2. The lowest BCUT2D eigenvalue weighted by Crippen LogP contribution is -2.09. The Morgan fingerprint density at radius 3 is 2.79 bits per heavy atom. The van der Waals surface area contributed by atoms with Crippen molar-refractivity contribution in [2.75, 3.05) is 6.61 Å². The minimum absolute atomic E-state index is 0.161. The van der Waals surface area contributed by atoms with Crippen molar-refractivity contribution >= 4 is 16.9 Å². The lowest BCUT2D eigenvalue weighted by molar-refractivity contribution is 0.0492. The van der Waals surface area contributed by atoms with Crippen molar-refractivity contribution < 1.29 is 18.7 Å². The maximum atomic E-state index is 11.6. The number of benzene rings is 1. The van der Waals surface area contributed by atoms with Gasteiger partial charge in [0.25, 0.3) is 0 Å². The van der Waals surface area contributed by atoms with Crippen LogP contribution in [0.5, 0.6) is 5.75 Å². The molecule has 19 heavy (non-hydrogen) atoms. The summed E-state index contributed by atoms with van der Waals surface area (Å²) in [6.45, 7) is 6.18. The Balaban J connectivity index is 2.25. The third kappa shape index (κ3) is 3.08. The van der Waals surface area contributed by atoms with Gasteiger partial charge in [-0.05, 0) is 44.5 Å². The van der Waals surface area contributed by atoms with Gasteiger partial charge in [-0.3, -0.25) is 0 Å². The fourth-order valence-electron chi connectivity index (χ4n) is 1.71. The normalized spacial score (nSPS) is 12.4. The Hall–Kier alpha value is -1.97. The van der Waals surface area contributed by atoms with E-state index in [1.807, 2.05) is 19.1 Å². The molecule has 0 aliphatic rings. The van der Waals surface area contributed by atoms with Crippen LogP contribution in [0.3, 0.4) is 0 Å². The highest BCUT2D eigenvalue weighted by molar-refractivity contribution is 5.92. The summed E-state index contributed by atoms with van der Waals surface area (Å²) in [7, 11) is 0. The Morgan fingerprint density at radius 2 is 2.11 bits per heavy atom. The third-order valence-corrected chi connectivity index (χ3v) is 2.88. The molecule has 4 heteroatoms. The van der Waals surface area contributed by atoms with Gasteiger partial charge in [-0.15, -0.1) is 0 Å². The molecule has 1 aromatic heterocycles. The molecule has 1 aromatic carbocycles. The first kappa shape index (κ1) is 13.5. The number of carbonyl (C=O) groups excluding carboxylic acids is 1. The minimum atomic E-state index is -0.442. The summed E-state index contributed by atoms with van der Waals surface area (Å²) in [5.74, 6) is 0.554. The van der Waals surface area contributed by atoms with Gasteiger partial charge < -0.3 is 13.9 Å². The van der Waals surface area contributed by atoms with E-state index >= 15 is 0 Å². The first-order valence-electron chi connectivity index (χ1n) is 6.51. The molecule has 4 nitrogen and oxygen atoms in total. The molecule has 0 saturated heterocycles. The number of hydrogen-bond donors (Lipinski definition) is 0. The number of rotatable bonds is 5. The van der Waals surface area contributed by atoms with Crippen molar-refractivity contribution in [2.45, 2.75) is 33.3 Å². The summed E-state index contributed by atoms with van der Waals surface area (Å²) in [6.07, 6.45) is 1.10. The van der Waals surface area contributed by atoms with Crippen LogP contribution in [0, 0.1) is 0 Å². The summed E-state index contributed by atoms with van der Waals surface area (Å²) in [4.78, 5) is 11.6. The SMILES string of the molecule is CCOC(=O)c1cc2cc(O[C@H](C)CC)ccc2o1. The zero-order valence-corrected chi connectivity index (χ0v) is 11.4. The van der Waals surface area contributed by atoms with E-state index < -0.39 is 5.97 Å². The quantitative estimate of drug-likeness (QED) is 0.769. The largest absolute Gasteiger partial charge is 0.491 e. The lowest BCUT2D eigenvalue weighted by Gasteiger charge is -2.11. The Bertz CT molecular complexity index is 571. The number of hydrogen-bond acceptors (Lipinski definition) is 4. The monoisotopic (exact) mass is 262 g/mol. The predicted octanol–water partition coefficient (Wildman–Crippen LogP) is 3.79. The van der Waals surface area contributed by atoms with E-state index in [4.69, 9.17) is 13.9 Å². The zero-order chi connectivity index (χ0) is 13.8. The van der Waals surface area contributed by atoms with E-state index in [0.29, 0.717) is 12.2 Å². The first-order valence-corrected chi connectivity index (χ1v) is 6.51. The van der Waals surface area contributed by atoms with Crippen LogP contribution in [-0.2, 0) is 4.74 Å². The van der Waals surface area contributed by atoms with Crippen molar-refractivity contribution in [1.29, 1.82) is 0 Å². The summed E-state index contributed by atoms with van der Waals surface area (Å²) in [5.41, 5.74) is 0.652. The van der Waals surface area contributed by atoms with E-state index in [1.165, 1.54) is 0 Å². The smallest absolute Gasteiger partial charge is 0.374 e. The highest BCUT2D eigenvalue weighted by Crippen LogP contribution is 2.25. The molecular formula is C15H18O4. The van der Waals surface area contributed by atoms with Gasteiger partial charge in [-0.1, -0.05) is 6.92 Å². The highest BCUT2D eigenvalue weighted by atomic mass is 16.5. The van der Waals surface area contributed by atoms with Crippen LogP contribution in [0.25, 0.3) is 11.0 Å². The van der Waals surface area contributed by atoms with Gasteiger partial charge in [0.1, 0.15) is 11.3 Å². The molecule has 0 amide bonds. The molecule has 2 aromatic rings. The van der Waals surface area contributed by atoms with Gasteiger partial charge in [0.15, 0.2) is 0 Å². The van der Waals surface area contributed by atoms with Crippen LogP contribution in [-0.4, -0.2) is 18.7 Å². The topological polar surface area (TPSA) is 48.7 Å². The summed E-state index contributed by atoms with van der Waals surface area (Å²) in [6, 6.07) is 7.19. The van der Waals surface area contributed by atoms with Gasteiger partial charge in [0.2, 0.25) is 5.76 Å². The molecule has 0 aliphatic heterocycles. The molecule has 2 rings (SSSR count). The summed E-state index contributed by atoms with van der Waals surface area (Å²) >= 11 is 0. The Labute approximate surface area is 112 Å². The van der Waals surface area contributed by atoms with E-state index in [-0.39, 0.29) is 11.9 Å². The molecular weight excluding hydrogens is 244 g/mol. The van der Waals surface area contributed by atoms with Gasteiger partial charge >= 0.3 is 5.97 Å². The van der Waals surface area contributed by atoms with Crippen LogP contribution in [0.2, 0.25) is 0 Å². The molecule has 0 aliphatic carbocycles. The average molecular weight is 262 g/mol. The van der Waals surface area contributed by atoms with Gasteiger partial charge in [-0.25, -0.2) is 4.79 Å². The summed E-state index contributed by atoms with van der Waals surface area (Å²) in [5, 5.41) is 0.837. The van der Waals surface area contributed by atoms with E-state index in [1.54, 1.807) is 19.1 Å². The van der Waals surface area contributed by atoms with Crippen molar-refractivity contribution in [3.05, 3.63) is 30.0 Å². The maximum absolute atomic E-state index is 11.6. The van der Waals surface area contributed by atoms with Crippen molar-refractivity contribution in [2.24, 2.45) is 0 Å². The fourth-order valence-corrected chi connectivity index (χ4v) is 1.71. The van der Waals surface area contributed by atoms with E-state index in [2.05, 4.69) is 6.92 Å². The second-order valence-electron chi connectivity index (χ2n) is 4.37. The molecule has 0 N–H and O–H groups in total. The molecule has 102 valence electrons. The predicted molar refractivity (Wildman–Crippen MR) is 72.6 cm³/mol. The standard InChI is InChI=1S/C15H18O4/c1-4-10(3)18-12-6-7-13-11(8-12)9-14(19-13)15(16)17-5-2/h6-10H,4-5H2,1-3H3/t10-/m1/s1. The van der Waals surface area contributed by atoms with E-state index in [9.17, 15) is 4.79 Å². The number of ether oxygens (including phenoxy) is 2. The van der Waals surface area contributed by atoms with Crippen LogP contribution >= 0.6 is 0 Å². The highest BCUT2D eigenvalue weighted by Gasteiger charge is 2.13. The van der Waals surface area contributed by atoms with Gasteiger partial charge in [-0.2, -0.15) is 0 Å². The maximum Gasteiger partial charge on any atom is 0.374 e. The molecule has 0 bridgehead atoms. The first-order chi connectivity index (χ1) is 9.13. The third-order valence-electron chi connectivity index (χ3n) is 2.88. The summed E-state index contributed by atoms with van der Waals surface area (Å²) < 4.78 is 16.1. The molecule has 0 spiro atoms. The Kier molecular flexibility index (Phi) is 4.10. The molecule has 0 unspecified atom stereocenters. The second-order valence-corrected chi connectivity index (χ2v) is 4.37. The van der Waals surface area contributed by atoms with Crippen molar-refractivity contribution in [3.63, 3.8) is 0 Å². The number of fused-ring (bicyclic) bond motifs is 1. The van der Waals surface area contributed by atoms with Crippen molar-refractivity contribution in [3.8, 4) is 5.75 Å². The molecule has 1 heterocycles. The van der Waals surface area contributed by atoms with Crippen LogP contribution in [0.1, 0.15) is 37.7 Å². The van der Waals surface area contributed by atoms with Gasteiger partial charge in [0, 0.05) is 5.39 Å². The Morgan fingerprint density at radius 1 is 1.32 bits per heavy atom. The number of furan rings is 1. The minimum Gasteiger partial charge on any atom is -0.491 e. The second kappa shape index (κ2) is 5.78. The zero-order valence-electron chi connectivity index (χ0n) is 11.4. The molecule has 0 radical (unpaired) electrons. The van der Waals surface area contributed by atoms with Crippen LogP contribution < -0.4 is 4.74 Å². The van der Waals surface area contributed by atoms with Crippen molar-refractivity contribution in [1.82, 2.24) is 0 Å². The van der Waals surface area contributed by atoms with Crippen LogP contribution in [0.15, 0.2) is 28.7 Å². The molecule has 1 atom stereocenters. The average Bonchev–Trinajstić information content (AvgIpc) is 2.82. The number of esters is 1. The van der Waals surface area contributed by atoms with Gasteiger partial charge in [0.05, 0.1) is 12.7 Å². The van der Waals surface area contributed by atoms with Crippen LogP contribution in [0.4, 0.5) is 0 Å². The van der Waals surface area contributed by atoms with E-state index in [0.717, 1.165) is 17.6 Å².